The van der Waals surface area contributed by atoms with Crippen LogP contribution in [0.4, 0.5) is 0 Å². The molecule has 0 unspecified atom stereocenters. The van der Waals surface area contributed by atoms with Crippen LogP contribution < -0.4 is 0 Å². The molecule has 1 rings (SSSR count). The molecule has 1 aromatic carbocycles. The molecule has 0 bridgehead atoms. The number of hydrogen-bond donors (Lipinski definition) is 1. The van der Waals surface area contributed by atoms with Crippen LogP contribution >= 0.6 is 22.6 Å². The predicted molar refractivity (Wildman–Crippen MR) is 79.7 cm³/mol. The lowest BCUT2D eigenvalue weighted by Gasteiger charge is -2.17. The lowest BCUT2D eigenvalue weighted by molar-refractivity contribution is 0.384. The van der Waals surface area contributed by atoms with E-state index in [0.717, 1.165) is 17.7 Å². The number of phenols is 1. The molecule has 0 spiro atoms. The Balaban J connectivity index is 0.00000106. The zero-order valence-electron chi connectivity index (χ0n) is 11.1. The van der Waals surface area contributed by atoms with Gasteiger partial charge in [0.1, 0.15) is 5.75 Å². The number of hydrogen-bond acceptors (Lipinski definition) is 2. The SMILES string of the molecule is CI.Cc1cc(O)c(CN(C)C)c(C)c1C. The summed E-state index contributed by atoms with van der Waals surface area (Å²) in [7, 11) is 4.02. The van der Waals surface area contributed by atoms with Crippen molar-refractivity contribution in [2.45, 2.75) is 27.3 Å². The van der Waals surface area contributed by atoms with Gasteiger partial charge in [-0.3, -0.25) is 0 Å². The van der Waals surface area contributed by atoms with E-state index in [0.29, 0.717) is 5.75 Å². The third kappa shape index (κ3) is 3.94. The molecule has 0 radical (unpaired) electrons. The van der Waals surface area contributed by atoms with Gasteiger partial charge in [0.05, 0.1) is 0 Å². The minimum atomic E-state index is 0.416. The maximum absolute atomic E-state index is 9.82. The quantitative estimate of drug-likeness (QED) is 0.661. The Hall–Kier alpha value is -0.290. The number of aromatic hydroxyl groups is 1. The van der Waals surface area contributed by atoms with Crippen molar-refractivity contribution in [1.29, 1.82) is 0 Å². The molecule has 92 valence electrons. The Morgan fingerprint density at radius 1 is 1.12 bits per heavy atom. The van der Waals surface area contributed by atoms with E-state index >= 15 is 0 Å². The average molecular weight is 335 g/mol. The summed E-state index contributed by atoms with van der Waals surface area (Å²) in [6.45, 7) is 6.99. The van der Waals surface area contributed by atoms with Crippen molar-refractivity contribution in [2.24, 2.45) is 0 Å². The van der Waals surface area contributed by atoms with Crippen LogP contribution in [0.15, 0.2) is 6.07 Å². The van der Waals surface area contributed by atoms with Gasteiger partial charge < -0.3 is 10.0 Å². The largest absolute Gasteiger partial charge is 0.508 e. The van der Waals surface area contributed by atoms with Crippen LogP contribution in [0.3, 0.4) is 0 Å². The van der Waals surface area contributed by atoms with Crippen molar-refractivity contribution in [3.8, 4) is 5.75 Å². The molecule has 0 aliphatic carbocycles. The summed E-state index contributed by atoms with van der Waals surface area (Å²) in [5.74, 6) is 0.416. The Morgan fingerprint density at radius 3 is 2.06 bits per heavy atom. The minimum absolute atomic E-state index is 0.416. The number of phenolic OH excluding ortho intramolecular Hbond substituents is 1. The van der Waals surface area contributed by atoms with Crippen LogP contribution in [-0.4, -0.2) is 29.0 Å². The minimum Gasteiger partial charge on any atom is -0.508 e. The smallest absolute Gasteiger partial charge is 0.120 e. The summed E-state index contributed by atoms with van der Waals surface area (Å²) in [6.07, 6.45) is 0. The van der Waals surface area contributed by atoms with Crippen LogP contribution in [0.2, 0.25) is 0 Å². The topological polar surface area (TPSA) is 23.5 Å². The first-order valence-electron chi connectivity index (χ1n) is 5.24. The Bertz CT molecular complexity index is 348. The lowest BCUT2D eigenvalue weighted by atomic mass is 9.97. The van der Waals surface area contributed by atoms with E-state index in [-0.39, 0.29) is 0 Å². The molecule has 0 saturated carbocycles. The molecule has 0 aromatic heterocycles. The third-order valence-corrected chi connectivity index (χ3v) is 2.74. The molecule has 0 aliphatic heterocycles. The first-order chi connectivity index (χ1) is 7.43. The molecular formula is C13H22INO. The number of alkyl halides is 1. The average Bonchev–Trinajstić information content (AvgIpc) is 2.24. The van der Waals surface area contributed by atoms with Crippen LogP contribution in [0.1, 0.15) is 22.3 Å². The fraction of sp³-hybridized carbons (Fsp3) is 0.538. The van der Waals surface area contributed by atoms with Gasteiger partial charge in [-0.25, -0.2) is 0 Å². The summed E-state index contributed by atoms with van der Waals surface area (Å²) in [6, 6.07) is 1.85. The molecule has 0 aliphatic rings. The highest BCUT2D eigenvalue weighted by Gasteiger charge is 2.10. The highest BCUT2D eigenvalue weighted by atomic mass is 127. The van der Waals surface area contributed by atoms with Crippen molar-refractivity contribution in [3.05, 3.63) is 28.3 Å². The number of aryl methyl sites for hydroxylation is 1. The van der Waals surface area contributed by atoms with E-state index in [2.05, 4.69) is 41.3 Å². The first kappa shape index (κ1) is 15.7. The number of halogens is 1. The predicted octanol–water partition coefficient (Wildman–Crippen LogP) is 3.43. The Kier molecular flexibility index (Phi) is 6.99. The fourth-order valence-corrected chi connectivity index (χ4v) is 1.63. The van der Waals surface area contributed by atoms with Crippen LogP contribution in [-0.2, 0) is 6.54 Å². The lowest BCUT2D eigenvalue weighted by Crippen LogP contribution is -2.12. The van der Waals surface area contributed by atoms with Gasteiger partial charge in [0, 0.05) is 12.1 Å². The standard InChI is InChI=1S/C12H19NO.CH3I/c1-8-6-12(14)11(7-13(4)5)10(3)9(8)2;1-2/h6,14H,7H2,1-5H3;1H3. The summed E-state index contributed by atoms with van der Waals surface area (Å²) in [4.78, 5) is 4.04. The van der Waals surface area contributed by atoms with Crippen molar-refractivity contribution in [1.82, 2.24) is 4.90 Å². The van der Waals surface area contributed by atoms with Gasteiger partial charge in [-0.05, 0) is 62.6 Å². The maximum atomic E-state index is 9.82. The van der Waals surface area contributed by atoms with Crippen LogP contribution in [0.5, 0.6) is 5.75 Å². The van der Waals surface area contributed by atoms with Gasteiger partial charge in [0.25, 0.3) is 0 Å². The van der Waals surface area contributed by atoms with Crippen molar-refractivity contribution >= 4 is 22.6 Å². The van der Waals surface area contributed by atoms with Gasteiger partial charge in [-0.1, -0.05) is 22.6 Å². The molecule has 0 amide bonds. The van der Waals surface area contributed by atoms with E-state index < -0.39 is 0 Å². The van der Waals surface area contributed by atoms with Gasteiger partial charge in [0.15, 0.2) is 0 Å². The molecule has 2 nitrogen and oxygen atoms in total. The Labute approximate surface area is 113 Å². The van der Waals surface area contributed by atoms with E-state index in [4.69, 9.17) is 0 Å². The number of rotatable bonds is 2. The summed E-state index contributed by atoms with van der Waals surface area (Å²) in [5.41, 5.74) is 4.68. The monoisotopic (exact) mass is 335 g/mol. The van der Waals surface area contributed by atoms with E-state index in [1.807, 2.05) is 32.0 Å². The highest BCUT2D eigenvalue weighted by molar-refractivity contribution is 14.1. The second-order valence-electron chi connectivity index (χ2n) is 4.18. The molecule has 16 heavy (non-hydrogen) atoms. The first-order valence-corrected chi connectivity index (χ1v) is 7.40. The van der Waals surface area contributed by atoms with Crippen molar-refractivity contribution < 1.29 is 5.11 Å². The molecule has 0 atom stereocenters. The van der Waals surface area contributed by atoms with Crippen LogP contribution in [0.25, 0.3) is 0 Å². The zero-order chi connectivity index (χ0) is 12.9. The summed E-state index contributed by atoms with van der Waals surface area (Å²) in [5, 5.41) is 9.82. The number of nitrogens with zero attached hydrogens (tertiary/aromatic N) is 1. The fourth-order valence-electron chi connectivity index (χ4n) is 1.63. The van der Waals surface area contributed by atoms with Gasteiger partial charge in [0.2, 0.25) is 0 Å². The molecule has 0 heterocycles. The van der Waals surface area contributed by atoms with Crippen molar-refractivity contribution in [2.75, 3.05) is 19.0 Å². The van der Waals surface area contributed by atoms with Crippen LogP contribution in [0, 0.1) is 20.8 Å². The van der Waals surface area contributed by atoms with Crippen molar-refractivity contribution in [3.63, 3.8) is 0 Å². The van der Waals surface area contributed by atoms with E-state index in [1.165, 1.54) is 11.1 Å². The second-order valence-corrected chi connectivity index (χ2v) is 4.18. The molecule has 1 N–H and O–H groups in total. The highest BCUT2D eigenvalue weighted by Crippen LogP contribution is 2.27. The zero-order valence-corrected chi connectivity index (χ0v) is 13.2. The maximum Gasteiger partial charge on any atom is 0.120 e. The third-order valence-electron chi connectivity index (χ3n) is 2.74. The molecule has 0 saturated heterocycles. The number of benzene rings is 1. The van der Waals surface area contributed by atoms with Gasteiger partial charge in [-0.15, -0.1) is 0 Å². The normalized spacial score (nSPS) is 10.0. The van der Waals surface area contributed by atoms with E-state index in [1.54, 1.807) is 0 Å². The Morgan fingerprint density at radius 2 is 1.62 bits per heavy atom. The van der Waals surface area contributed by atoms with E-state index in [9.17, 15) is 5.11 Å². The molecule has 1 aromatic rings. The van der Waals surface area contributed by atoms with Gasteiger partial charge >= 0.3 is 0 Å². The second kappa shape index (κ2) is 7.12. The molecular weight excluding hydrogens is 313 g/mol. The molecule has 3 heteroatoms. The van der Waals surface area contributed by atoms with Gasteiger partial charge in [-0.2, -0.15) is 0 Å². The molecule has 0 fully saturated rings. The summed E-state index contributed by atoms with van der Waals surface area (Å²) >= 11 is 2.15. The summed E-state index contributed by atoms with van der Waals surface area (Å²) < 4.78 is 0.